The number of nitrogens with zero attached hydrogens (tertiary/aromatic N) is 1. The summed E-state index contributed by atoms with van der Waals surface area (Å²) in [6.07, 6.45) is -2.88. The van der Waals surface area contributed by atoms with Crippen LogP contribution < -0.4 is 10.6 Å². The van der Waals surface area contributed by atoms with Crippen molar-refractivity contribution in [2.24, 2.45) is 0 Å². The monoisotopic (exact) mass is 295 g/mol. The molecule has 0 bridgehead atoms. The predicted octanol–water partition coefficient (Wildman–Crippen LogP) is 2.32. The van der Waals surface area contributed by atoms with E-state index in [0.717, 1.165) is 12.1 Å². The van der Waals surface area contributed by atoms with Gasteiger partial charge in [-0.1, -0.05) is 0 Å². The molecule has 19 heavy (non-hydrogen) atoms. The van der Waals surface area contributed by atoms with Gasteiger partial charge in [0.15, 0.2) is 0 Å². The number of halogens is 3. The van der Waals surface area contributed by atoms with Gasteiger partial charge in [0.1, 0.15) is 11.6 Å². The average molecular weight is 295 g/mol. The molecule has 1 aromatic heterocycles. The molecule has 0 amide bonds. The van der Waals surface area contributed by atoms with Crippen LogP contribution in [0.3, 0.4) is 0 Å². The molecule has 0 aliphatic rings. The summed E-state index contributed by atoms with van der Waals surface area (Å²) in [6, 6.07) is 1.87. The lowest BCUT2D eigenvalue weighted by Gasteiger charge is -2.14. The Morgan fingerprint density at radius 1 is 1.37 bits per heavy atom. The van der Waals surface area contributed by atoms with E-state index in [1.165, 1.54) is 7.05 Å². The number of alkyl halides is 3. The van der Waals surface area contributed by atoms with Crippen molar-refractivity contribution in [2.45, 2.75) is 18.3 Å². The van der Waals surface area contributed by atoms with Crippen LogP contribution in [0.1, 0.15) is 12.5 Å². The minimum Gasteiger partial charge on any atom is -0.373 e. The van der Waals surface area contributed by atoms with E-state index in [1.54, 1.807) is 13.2 Å². The molecule has 0 fully saturated rings. The molecule has 0 spiro atoms. The molecule has 0 saturated carbocycles. The Hall–Kier alpha value is -1.31. The van der Waals surface area contributed by atoms with E-state index < -0.39 is 22.5 Å². The predicted molar refractivity (Wildman–Crippen MR) is 70.8 cm³/mol. The maximum atomic E-state index is 12.7. The van der Waals surface area contributed by atoms with Crippen LogP contribution in [0.15, 0.2) is 12.1 Å². The first kappa shape index (κ1) is 15.7. The fourth-order valence-electron chi connectivity index (χ4n) is 1.28. The Bertz CT molecular complexity index is 465. The minimum atomic E-state index is -4.43. The van der Waals surface area contributed by atoms with E-state index in [4.69, 9.17) is 0 Å². The Kier molecular flexibility index (Phi) is 5.16. The summed E-state index contributed by atoms with van der Waals surface area (Å²) in [5.74, 6) is 0.235. The Morgan fingerprint density at radius 3 is 2.42 bits per heavy atom. The van der Waals surface area contributed by atoms with Gasteiger partial charge in [0, 0.05) is 35.9 Å². The summed E-state index contributed by atoms with van der Waals surface area (Å²) in [5.41, 5.74) is -0.778. The minimum absolute atomic E-state index is 0.108. The van der Waals surface area contributed by atoms with Crippen LogP contribution in [0.5, 0.6) is 0 Å². The molecule has 2 unspecified atom stereocenters. The normalized spacial score (nSPS) is 14.8. The van der Waals surface area contributed by atoms with Gasteiger partial charge in [0.25, 0.3) is 0 Å². The van der Waals surface area contributed by atoms with Crippen molar-refractivity contribution in [1.29, 1.82) is 0 Å². The first-order chi connectivity index (χ1) is 8.74. The van der Waals surface area contributed by atoms with Crippen LogP contribution in [-0.2, 0) is 17.0 Å². The lowest BCUT2D eigenvalue weighted by molar-refractivity contribution is -0.137. The molecule has 0 radical (unpaired) electrons. The third-order valence-corrected chi connectivity index (χ3v) is 3.85. The standard InChI is InChI=1S/C11H16F3N3OS/c1-7(19(3)18)6-16-10-5-8(11(12,13)14)4-9(15-2)17-10/h4-5,7H,6H2,1-3H3,(H2,15,16,17). The van der Waals surface area contributed by atoms with Gasteiger partial charge < -0.3 is 10.6 Å². The molecule has 8 heteroatoms. The molecular formula is C11H16F3N3OS. The zero-order valence-corrected chi connectivity index (χ0v) is 11.7. The SMILES string of the molecule is CNc1cc(C(F)(F)F)cc(NCC(C)S(C)=O)n1. The van der Waals surface area contributed by atoms with Crippen molar-refractivity contribution < 1.29 is 17.4 Å². The van der Waals surface area contributed by atoms with Gasteiger partial charge in [0.05, 0.1) is 5.56 Å². The average Bonchev–Trinajstić information content (AvgIpc) is 2.34. The van der Waals surface area contributed by atoms with Gasteiger partial charge in [0.2, 0.25) is 0 Å². The summed E-state index contributed by atoms with van der Waals surface area (Å²) in [6.45, 7) is 2.04. The lowest BCUT2D eigenvalue weighted by atomic mass is 10.2. The molecule has 2 N–H and O–H groups in total. The summed E-state index contributed by atoms with van der Waals surface area (Å²) in [5, 5.41) is 5.18. The van der Waals surface area contributed by atoms with Crippen LogP contribution in [0.25, 0.3) is 0 Å². The summed E-state index contributed by atoms with van der Waals surface area (Å²) in [4.78, 5) is 3.98. The van der Waals surface area contributed by atoms with Crippen LogP contribution in [0.2, 0.25) is 0 Å². The van der Waals surface area contributed by atoms with Gasteiger partial charge >= 0.3 is 6.18 Å². The highest BCUT2D eigenvalue weighted by atomic mass is 32.2. The van der Waals surface area contributed by atoms with Gasteiger partial charge in [-0.2, -0.15) is 13.2 Å². The van der Waals surface area contributed by atoms with Crippen LogP contribution >= 0.6 is 0 Å². The van der Waals surface area contributed by atoms with E-state index in [1.807, 2.05) is 0 Å². The van der Waals surface area contributed by atoms with E-state index in [2.05, 4.69) is 15.6 Å². The highest BCUT2D eigenvalue weighted by Gasteiger charge is 2.31. The van der Waals surface area contributed by atoms with Crippen LogP contribution in [-0.4, -0.2) is 34.3 Å². The van der Waals surface area contributed by atoms with Crippen LogP contribution in [0.4, 0.5) is 24.8 Å². The molecule has 1 rings (SSSR count). The zero-order valence-electron chi connectivity index (χ0n) is 10.8. The van der Waals surface area contributed by atoms with E-state index >= 15 is 0 Å². The molecule has 0 aliphatic heterocycles. The van der Waals surface area contributed by atoms with Crippen molar-refractivity contribution in [1.82, 2.24) is 4.98 Å². The van der Waals surface area contributed by atoms with Crippen molar-refractivity contribution in [2.75, 3.05) is 30.5 Å². The van der Waals surface area contributed by atoms with Crippen molar-refractivity contribution in [3.05, 3.63) is 17.7 Å². The first-order valence-corrected chi connectivity index (χ1v) is 7.19. The Balaban J connectivity index is 2.92. The smallest absolute Gasteiger partial charge is 0.373 e. The molecule has 0 aliphatic carbocycles. The van der Waals surface area contributed by atoms with Crippen LogP contribution in [0, 0.1) is 0 Å². The van der Waals surface area contributed by atoms with Crippen molar-refractivity contribution in [3.8, 4) is 0 Å². The number of pyridine rings is 1. The van der Waals surface area contributed by atoms with Gasteiger partial charge in [-0.05, 0) is 19.1 Å². The summed E-state index contributed by atoms with van der Waals surface area (Å²) < 4.78 is 49.2. The van der Waals surface area contributed by atoms with Crippen molar-refractivity contribution in [3.63, 3.8) is 0 Å². The van der Waals surface area contributed by atoms with E-state index in [9.17, 15) is 17.4 Å². The second-order valence-electron chi connectivity index (χ2n) is 4.06. The molecular weight excluding hydrogens is 279 g/mol. The van der Waals surface area contributed by atoms with Gasteiger partial charge in [-0.25, -0.2) is 4.98 Å². The Morgan fingerprint density at radius 2 is 1.95 bits per heavy atom. The molecule has 4 nitrogen and oxygen atoms in total. The summed E-state index contributed by atoms with van der Waals surface area (Å²) >= 11 is 0. The maximum Gasteiger partial charge on any atom is 0.416 e. The number of rotatable bonds is 5. The number of anilines is 2. The fourth-order valence-corrected chi connectivity index (χ4v) is 1.60. The first-order valence-electron chi connectivity index (χ1n) is 5.57. The number of hydrogen-bond donors (Lipinski definition) is 2. The van der Waals surface area contributed by atoms with Gasteiger partial charge in [-0.3, -0.25) is 4.21 Å². The zero-order chi connectivity index (χ0) is 14.6. The number of aromatic nitrogens is 1. The third kappa shape index (κ3) is 4.70. The topological polar surface area (TPSA) is 54.0 Å². The molecule has 1 aromatic rings. The molecule has 108 valence electrons. The summed E-state index contributed by atoms with van der Waals surface area (Å²) in [7, 11) is 0.454. The molecule has 2 atom stereocenters. The van der Waals surface area contributed by atoms with Crippen molar-refractivity contribution >= 4 is 22.4 Å². The van der Waals surface area contributed by atoms with E-state index in [-0.39, 0.29) is 16.9 Å². The highest BCUT2D eigenvalue weighted by molar-refractivity contribution is 7.84. The Labute approximate surface area is 112 Å². The number of hydrogen-bond acceptors (Lipinski definition) is 4. The van der Waals surface area contributed by atoms with E-state index in [0.29, 0.717) is 6.54 Å². The largest absolute Gasteiger partial charge is 0.416 e. The third-order valence-electron chi connectivity index (χ3n) is 2.55. The molecule has 1 heterocycles. The molecule has 0 saturated heterocycles. The molecule has 0 aromatic carbocycles. The highest BCUT2D eigenvalue weighted by Crippen LogP contribution is 2.31. The maximum absolute atomic E-state index is 12.7. The second kappa shape index (κ2) is 6.23. The van der Waals surface area contributed by atoms with Gasteiger partial charge in [-0.15, -0.1) is 0 Å². The fraction of sp³-hybridized carbons (Fsp3) is 0.545. The lowest BCUT2D eigenvalue weighted by Crippen LogP contribution is -2.21. The number of nitrogens with one attached hydrogen (secondary N) is 2. The second-order valence-corrected chi connectivity index (χ2v) is 5.87. The quantitative estimate of drug-likeness (QED) is 0.875.